The summed E-state index contributed by atoms with van der Waals surface area (Å²) in [7, 11) is 0. The standard InChI is InChI=1S/C21H31F3N4O.HI/c1-2-25-20(28-11-8-19(14-28)27-9-3-4-10-27)26-13-17-6-5-7-18(12-17)15-29-16-21(22,23)24;/h5-7,12,19H,2-4,8-11,13-16H2,1H3,(H,25,26);1H. The van der Waals surface area contributed by atoms with Crippen molar-refractivity contribution in [1.29, 1.82) is 0 Å². The zero-order valence-electron chi connectivity index (χ0n) is 17.5. The third kappa shape index (κ3) is 7.88. The molecule has 2 fully saturated rings. The number of hydrogen-bond acceptors (Lipinski definition) is 3. The van der Waals surface area contributed by atoms with Crippen LogP contribution in [0.15, 0.2) is 29.3 Å². The monoisotopic (exact) mass is 540 g/mol. The zero-order valence-corrected chi connectivity index (χ0v) is 19.8. The molecular formula is C21H32F3IN4O. The van der Waals surface area contributed by atoms with Gasteiger partial charge in [-0.25, -0.2) is 4.99 Å². The quantitative estimate of drug-likeness (QED) is 0.323. The molecule has 30 heavy (non-hydrogen) atoms. The smallest absolute Gasteiger partial charge is 0.367 e. The fraction of sp³-hybridized carbons (Fsp3) is 0.667. The van der Waals surface area contributed by atoms with E-state index in [4.69, 9.17) is 9.73 Å². The van der Waals surface area contributed by atoms with Crippen LogP contribution in [0.25, 0.3) is 0 Å². The normalized spacial score (nSPS) is 20.5. The van der Waals surface area contributed by atoms with Gasteiger partial charge in [-0.3, -0.25) is 4.90 Å². The molecule has 1 N–H and O–H groups in total. The van der Waals surface area contributed by atoms with Crippen molar-refractivity contribution >= 4 is 29.9 Å². The van der Waals surface area contributed by atoms with Gasteiger partial charge in [0.1, 0.15) is 6.61 Å². The van der Waals surface area contributed by atoms with Crippen LogP contribution < -0.4 is 5.32 Å². The molecule has 2 aliphatic rings. The average Bonchev–Trinajstić information content (AvgIpc) is 3.36. The van der Waals surface area contributed by atoms with Gasteiger partial charge in [0.05, 0.1) is 13.2 Å². The summed E-state index contributed by atoms with van der Waals surface area (Å²) in [6, 6.07) is 8.02. The highest BCUT2D eigenvalue weighted by Crippen LogP contribution is 2.21. The Morgan fingerprint density at radius 2 is 1.93 bits per heavy atom. The first kappa shape index (κ1) is 25.2. The minimum Gasteiger partial charge on any atom is -0.367 e. The number of aliphatic imine (C=N–C) groups is 1. The van der Waals surface area contributed by atoms with Crippen molar-refractivity contribution < 1.29 is 17.9 Å². The number of hydrogen-bond donors (Lipinski definition) is 1. The molecule has 2 heterocycles. The second kappa shape index (κ2) is 12.1. The molecule has 0 aliphatic carbocycles. The third-order valence-electron chi connectivity index (χ3n) is 5.39. The second-order valence-corrected chi connectivity index (χ2v) is 7.73. The summed E-state index contributed by atoms with van der Waals surface area (Å²) >= 11 is 0. The number of benzene rings is 1. The molecule has 0 aromatic heterocycles. The largest absolute Gasteiger partial charge is 0.411 e. The van der Waals surface area contributed by atoms with Crippen LogP contribution in [-0.2, 0) is 17.9 Å². The summed E-state index contributed by atoms with van der Waals surface area (Å²) in [5, 5.41) is 3.38. The topological polar surface area (TPSA) is 40.1 Å². The Morgan fingerprint density at radius 1 is 1.20 bits per heavy atom. The summed E-state index contributed by atoms with van der Waals surface area (Å²) < 4.78 is 41.5. The van der Waals surface area contributed by atoms with Crippen molar-refractivity contribution in [3.63, 3.8) is 0 Å². The first-order valence-corrected chi connectivity index (χ1v) is 10.4. The molecule has 0 saturated carbocycles. The van der Waals surface area contributed by atoms with Crippen molar-refractivity contribution in [3.8, 4) is 0 Å². The number of rotatable bonds is 7. The van der Waals surface area contributed by atoms with E-state index in [1.165, 1.54) is 25.9 Å². The minimum atomic E-state index is -4.30. The van der Waals surface area contributed by atoms with Gasteiger partial charge in [0.15, 0.2) is 5.96 Å². The van der Waals surface area contributed by atoms with Crippen molar-refractivity contribution in [2.24, 2.45) is 4.99 Å². The summed E-state index contributed by atoms with van der Waals surface area (Å²) in [4.78, 5) is 9.69. The van der Waals surface area contributed by atoms with Crippen molar-refractivity contribution in [3.05, 3.63) is 35.4 Å². The molecule has 0 radical (unpaired) electrons. The lowest BCUT2D eigenvalue weighted by Crippen LogP contribution is -2.42. The highest BCUT2D eigenvalue weighted by molar-refractivity contribution is 14.0. The van der Waals surface area contributed by atoms with Gasteiger partial charge in [0.25, 0.3) is 0 Å². The van der Waals surface area contributed by atoms with E-state index in [1.54, 1.807) is 6.07 Å². The maximum Gasteiger partial charge on any atom is 0.411 e. The Hall–Kier alpha value is -1.07. The lowest BCUT2D eigenvalue weighted by Gasteiger charge is -2.25. The summed E-state index contributed by atoms with van der Waals surface area (Å²) in [5.41, 5.74) is 1.69. The van der Waals surface area contributed by atoms with Crippen LogP contribution >= 0.6 is 24.0 Å². The number of nitrogens with one attached hydrogen (secondary N) is 1. The van der Waals surface area contributed by atoms with Gasteiger partial charge in [0, 0.05) is 25.7 Å². The fourth-order valence-electron chi connectivity index (χ4n) is 4.03. The van der Waals surface area contributed by atoms with Crippen molar-refractivity contribution in [1.82, 2.24) is 15.1 Å². The minimum absolute atomic E-state index is 0. The molecule has 3 rings (SSSR count). The van der Waals surface area contributed by atoms with Crippen molar-refractivity contribution in [2.75, 3.05) is 39.3 Å². The van der Waals surface area contributed by atoms with Gasteiger partial charge in [-0.15, -0.1) is 24.0 Å². The molecule has 1 unspecified atom stereocenters. The van der Waals surface area contributed by atoms with E-state index in [0.29, 0.717) is 12.6 Å². The van der Waals surface area contributed by atoms with Crippen molar-refractivity contribution in [2.45, 2.75) is 51.6 Å². The summed E-state index contributed by atoms with van der Waals surface area (Å²) in [6.45, 7) is 6.46. The molecule has 1 aromatic carbocycles. The van der Waals surface area contributed by atoms with Gasteiger partial charge in [-0.05, 0) is 50.4 Å². The van der Waals surface area contributed by atoms with Crippen LogP contribution in [0.2, 0.25) is 0 Å². The van der Waals surface area contributed by atoms with Crippen LogP contribution in [0, 0.1) is 0 Å². The molecule has 0 bridgehead atoms. The lowest BCUT2D eigenvalue weighted by atomic mass is 10.1. The molecule has 0 spiro atoms. The zero-order chi connectivity index (χ0) is 20.7. The molecular weight excluding hydrogens is 508 g/mol. The maximum absolute atomic E-state index is 12.2. The summed E-state index contributed by atoms with van der Waals surface area (Å²) in [5.74, 6) is 0.910. The highest BCUT2D eigenvalue weighted by Gasteiger charge is 2.30. The Kier molecular flexibility index (Phi) is 10.2. The summed E-state index contributed by atoms with van der Waals surface area (Å²) in [6.07, 6.45) is -0.539. The van der Waals surface area contributed by atoms with Gasteiger partial charge in [0.2, 0.25) is 0 Å². The van der Waals surface area contributed by atoms with Crippen LogP contribution in [0.4, 0.5) is 13.2 Å². The van der Waals surface area contributed by atoms with E-state index in [1.807, 2.05) is 18.2 Å². The Morgan fingerprint density at radius 3 is 2.63 bits per heavy atom. The first-order valence-electron chi connectivity index (χ1n) is 10.4. The molecule has 1 atom stereocenters. The lowest BCUT2D eigenvalue weighted by molar-refractivity contribution is -0.176. The maximum atomic E-state index is 12.2. The van der Waals surface area contributed by atoms with E-state index < -0.39 is 12.8 Å². The Balaban J connectivity index is 0.00000320. The van der Waals surface area contributed by atoms with Gasteiger partial charge < -0.3 is 15.0 Å². The third-order valence-corrected chi connectivity index (χ3v) is 5.39. The SMILES string of the molecule is CCNC(=NCc1cccc(COCC(F)(F)F)c1)N1CCC(N2CCCC2)C1.I. The number of likely N-dealkylation sites (tertiary alicyclic amines) is 2. The van der Waals surface area contributed by atoms with E-state index >= 15 is 0 Å². The molecule has 5 nitrogen and oxygen atoms in total. The van der Waals surface area contributed by atoms with Gasteiger partial charge in [-0.1, -0.05) is 24.3 Å². The molecule has 1 aromatic rings. The Labute approximate surface area is 194 Å². The van der Waals surface area contributed by atoms with Crippen LogP contribution in [0.3, 0.4) is 0 Å². The number of nitrogens with zero attached hydrogens (tertiary/aromatic N) is 3. The number of alkyl halides is 3. The van der Waals surface area contributed by atoms with E-state index in [0.717, 1.165) is 43.1 Å². The number of ether oxygens (including phenoxy) is 1. The fourth-order valence-corrected chi connectivity index (χ4v) is 4.03. The molecule has 2 aliphatic heterocycles. The number of halogens is 4. The average molecular weight is 540 g/mol. The predicted molar refractivity (Wildman–Crippen MR) is 123 cm³/mol. The van der Waals surface area contributed by atoms with E-state index in [2.05, 4.69) is 22.0 Å². The predicted octanol–water partition coefficient (Wildman–Crippen LogP) is 4.02. The molecule has 2 saturated heterocycles. The van der Waals surface area contributed by atoms with Crippen LogP contribution in [0.1, 0.15) is 37.3 Å². The van der Waals surface area contributed by atoms with E-state index in [9.17, 15) is 13.2 Å². The van der Waals surface area contributed by atoms with Gasteiger partial charge in [-0.2, -0.15) is 13.2 Å². The highest BCUT2D eigenvalue weighted by atomic mass is 127. The van der Waals surface area contributed by atoms with Crippen LogP contribution in [0.5, 0.6) is 0 Å². The Bertz CT molecular complexity index is 680. The number of guanidine groups is 1. The van der Waals surface area contributed by atoms with E-state index in [-0.39, 0.29) is 30.6 Å². The molecule has 170 valence electrons. The molecule has 0 amide bonds. The van der Waals surface area contributed by atoms with Gasteiger partial charge >= 0.3 is 6.18 Å². The second-order valence-electron chi connectivity index (χ2n) is 7.73. The first-order chi connectivity index (χ1) is 13.9. The molecule has 9 heteroatoms. The van der Waals surface area contributed by atoms with Crippen LogP contribution in [-0.4, -0.2) is 67.3 Å².